The summed E-state index contributed by atoms with van der Waals surface area (Å²) in [6.45, 7) is 9.46. The van der Waals surface area contributed by atoms with Crippen molar-refractivity contribution in [3.05, 3.63) is 35.4 Å². The van der Waals surface area contributed by atoms with Gasteiger partial charge in [0.25, 0.3) is 0 Å². The fraction of sp³-hybridized carbons (Fsp3) is 0.611. The van der Waals surface area contributed by atoms with Gasteiger partial charge >= 0.3 is 6.09 Å². The number of rotatable bonds is 2. The van der Waals surface area contributed by atoms with Crippen molar-refractivity contribution in [1.82, 2.24) is 4.90 Å². The standard InChI is InChI=1S/C18H26NO2/c1-5-14-8-6-7-9-16(14)15-10-12-19(13-11-15)17(20)21-18(2,3)4/h6,8-9,15H,5,10-13H2,1-4H3. The minimum Gasteiger partial charge on any atom is -0.444 e. The quantitative estimate of drug-likeness (QED) is 0.817. The van der Waals surface area contributed by atoms with Crippen LogP contribution < -0.4 is 0 Å². The summed E-state index contributed by atoms with van der Waals surface area (Å²) in [6, 6.07) is 9.46. The number of ether oxygens (including phenoxy) is 1. The van der Waals surface area contributed by atoms with Crippen LogP contribution in [-0.2, 0) is 11.2 Å². The van der Waals surface area contributed by atoms with Gasteiger partial charge in [0.15, 0.2) is 0 Å². The summed E-state index contributed by atoms with van der Waals surface area (Å²) in [5, 5.41) is 0. The van der Waals surface area contributed by atoms with E-state index in [9.17, 15) is 4.79 Å². The highest BCUT2D eigenvalue weighted by molar-refractivity contribution is 5.68. The molecule has 1 saturated heterocycles. The molecule has 1 amide bonds. The number of amides is 1. The van der Waals surface area contributed by atoms with Crippen molar-refractivity contribution in [2.24, 2.45) is 0 Å². The highest BCUT2D eigenvalue weighted by atomic mass is 16.6. The van der Waals surface area contributed by atoms with Gasteiger partial charge in [-0.15, -0.1) is 0 Å². The molecule has 2 rings (SSSR count). The lowest BCUT2D eigenvalue weighted by Crippen LogP contribution is -2.41. The van der Waals surface area contributed by atoms with Gasteiger partial charge in [-0.1, -0.05) is 25.1 Å². The topological polar surface area (TPSA) is 29.5 Å². The zero-order chi connectivity index (χ0) is 15.5. The first-order chi connectivity index (χ1) is 9.90. The van der Waals surface area contributed by atoms with Crippen molar-refractivity contribution in [2.75, 3.05) is 13.1 Å². The summed E-state index contributed by atoms with van der Waals surface area (Å²) in [6.07, 6.45) is 2.88. The first kappa shape index (κ1) is 15.9. The van der Waals surface area contributed by atoms with E-state index in [1.165, 1.54) is 11.1 Å². The summed E-state index contributed by atoms with van der Waals surface area (Å²) >= 11 is 0. The van der Waals surface area contributed by atoms with Gasteiger partial charge < -0.3 is 9.64 Å². The third-order valence-corrected chi connectivity index (χ3v) is 3.96. The monoisotopic (exact) mass is 288 g/mol. The Morgan fingerprint density at radius 1 is 1.38 bits per heavy atom. The molecule has 0 N–H and O–H groups in total. The Bertz CT molecular complexity index is 482. The first-order valence-corrected chi connectivity index (χ1v) is 7.87. The van der Waals surface area contributed by atoms with Crippen LogP contribution in [0.5, 0.6) is 0 Å². The third-order valence-electron chi connectivity index (χ3n) is 3.96. The predicted octanol–water partition coefficient (Wildman–Crippen LogP) is 4.16. The SMILES string of the molecule is CCc1cc[c]cc1C1CCN(C(=O)OC(C)(C)C)CC1. The molecule has 1 aromatic rings. The number of likely N-dealkylation sites (tertiary alicyclic amines) is 1. The number of carbonyl (C=O) groups excluding carboxylic acids is 1. The first-order valence-electron chi connectivity index (χ1n) is 7.87. The molecule has 0 spiro atoms. The molecule has 0 saturated carbocycles. The van der Waals surface area contributed by atoms with Crippen LogP contribution in [0.3, 0.4) is 0 Å². The average Bonchev–Trinajstić information content (AvgIpc) is 2.45. The molecule has 1 aliphatic rings. The van der Waals surface area contributed by atoms with Gasteiger partial charge in [0.1, 0.15) is 5.60 Å². The normalized spacial score (nSPS) is 16.9. The maximum atomic E-state index is 12.1. The van der Waals surface area contributed by atoms with E-state index >= 15 is 0 Å². The highest BCUT2D eigenvalue weighted by Gasteiger charge is 2.27. The highest BCUT2D eigenvalue weighted by Crippen LogP contribution is 2.31. The molecule has 1 aliphatic heterocycles. The van der Waals surface area contributed by atoms with Crippen LogP contribution in [-0.4, -0.2) is 29.7 Å². The molecule has 0 atom stereocenters. The smallest absolute Gasteiger partial charge is 0.410 e. The van der Waals surface area contributed by atoms with E-state index in [1.54, 1.807) is 0 Å². The summed E-state index contributed by atoms with van der Waals surface area (Å²) in [4.78, 5) is 13.9. The molecule has 0 aliphatic carbocycles. The molecule has 3 heteroatoms. The van der Waals surface area contributed by atoms with Crippen molar-refractivity contribution in [3.63, 3.8) is 0 Å². The maximum Gasteiger partial charge on any atom is 0.410 e. The third kappa shape index (κ3) is 4.23. The Morgan fingerprint density at radius 3 is 2.62 bits per heavy atom. The number of carbonyl (C=O) groups is 1. The molecule has 0 aromatic heterocycles. The van der Waals surface area contributed by atoms with Gasteiger partial charge in [-0.3, -0.25) is 0 Å². The van der Waals surface area contributed by atoms with Gasteiger partial charge in [0.2, 0.25) is 0 Å². The Morgan fingerprint density at radius 2 is 2.05 bits per heavy atom. The molecular weight excluding hydrogens is 262 g/mol. The van der Waals surface area contributed by atoms with Gasteiger partial charge in [-0.25, -0.2) is 4.79 Å². The number of piperidine rings is 1. The van der Waals surface area contributed by atoms with Crippen molar-refractivity contribution in [2.45, 2.75) is 58.5 Å². The van der Waals surface area contributed by atoms with Crippen LogP contribution in [0.15, 0.2) is 18.2 Å². The Kier molecular flexibility index (Phi) is 4.92. The van der Waals surface area contributed by atoms with E-state index < -0.39 is 5.60 Å². The Balaban J connectivity index is 1.96. The molecular formula is C18H26NO2. The van der Waals surface area contributed by atoms with Crippen molar-refractivity contribution in [3.8, 4) is 0 Å². The van der Waals surface area contributed by atoms with Crippen LogP contribution in [0.4, 0.5) is 4.79 Å². The largest absolute Gasteiger partial charge is 0.444 e. The lowest BCUT2D eigenvalue weighted by Gasteiger charge is -2.34. The lowest BCUT2D eigenvalue weighted by molar-refractivity contribution is 0.0204. The van der Waals surface area contributed by atoms with Crippen LogP contribution in [0, 0.1) is 6.07 Å². The van der Waals surface area contributed by atoms with Gasteiger partial charge in [0.05, 0.1) is 0 Å². The van der Waals surface area contributed by atoms with Gasteiger partial charge in [-0.2, -0.15) is 0 Å². The molecule has 3 nitrogen and oxygen atoms in total. The fourth-order valence-electron chi connectivity index (χ4n) is 2.88. The molecule has 21 heavy (non-hydrogen) atoms. The second kappa shape index (κ2) is 6.50. The van der Waals surface area contributed by atoms with Crippen LogP contribution >= 0.6 is 0 Å². The molecule has 1 aromatic carbocycles. The lowest BCUT2D eigenvalue weighted by atomic mass is 9.86. The fourth-order valence-corrected chi connectivity index (χ4v) is 2.88. The van der Waals surface area contributed by atoms with E-state index in [0.29, 0.717) is 5.92 Å². The van der Waals surface area contributed by atoms with E-state index in [4.69, 9.17) is 4.74 Å². The van der Waals surface area contributed by atoms with E-state index in [1.807, 2.05) is 31.7 Å². The van der Waals surface area contributed by atoms with E-state index in [0.717, 1.165) is 32.4 Å². The van der Waals surface area contributed by atoms with E-state index in [2.05, 4.69) is 25.1 Å². The van der Waals surface area contributed by atoms with Crippen LogP contribution in [0.2, 0.25) is 0 Å². The molecule has 0 bridgehead atoms. The van der Waals surface area contributed by atoms with Gasteiger partial charge in [-0.05, 0) is 63.1 Å². The minimum absolute atomic E-state index is 0.184. The predicted molar refractivity (Wildman–Crippen MR) is 84.4 cm³/mol. The van der Waals surface area contributed by atoms with Crippen molar-refractivity contribution in [1.29, 1.82) is 0 Å². The summed E-state index contributed by atoms with van der Waals surface area (Å²) in [5.41, 5.74) is 2.39. The van der Waals surface area contributed by atoms with Crippen molar-refractivity contribution >= 4 is 6.09 Å². The summed E-state index contributed by atoms with van der Waals surface area (Å²) in [7, 11) is 0. The number of hydrogen-bond acceptors (Lipinski definition) is 2. The second-order valence-electron chi connectivity index (χ2n) is 6.72. The van der Waals surface area contributed by atoms with Gasteiger partial charge in [0, 0.05) is 13.1 Å². The molecule has 1 heterocycles. The van der Waals surface area contributed by atoms with Crippen molar-refractivity contribution < 1.29 is 9.53 Å². The average molecular weight is 288 g/mol. The zero-order valence-corrected chi connectivity index (χ0v) is 13.6. The van der Waals surface area contributed by atoms with Crippen LogP contribution in [0.25, 0.3) is 0 Å². The maximum absolute atomic E-state index is 12.1. The number of hydrogen-bond donors (Lipinski definition) is 0. The molecule has 0 unspecified atom stereocenters. The summed E-state index contributed by atoms with van der Waals surface area (Å²) < 4.78 is 5.44. The number of aryl methyl sites for hydroxylation is 1. The van der Waals surface area contributed by atoms with E-state index in [-0.39, 0.29) is 6.09 Å². The number of benzene rings is 1. The second-order valence-corrected chi connectivity index (χ2v) is 6.72. The zero-order valence-electron chi connectivity index (χ0n) is 13.6. The molecule has 115 valence electrons. The number of nitrogens with zero attached hydrogens (tertiary/aromatic N) is 1. The van der Waals surface area contributed by atoms with Crippen LogP contribution in [0.1, 0.15) is 57.6 Å². The summed E-state index contributed by atoms with van der Waals surface area (Å²) in [5.74, 6) is 0.538. The molecule has 1 radical (unpaired) electrons. The molecule has 1 fully saturated rings. The Hall–Kier alpha value is -1.51. The minimum atomic E-state index is -0.419. The Labute approximate surface area is 128 Å².